The average molecular weight is 280 g/mol. The van der Waals surface area contributed by atoms with E-state index in [1.54, 1.807) is 0 Å². The lowest BCUT2D eigenvalue weighted by atomic mass is 10.0. The summed E-state index contributed by atoms with van der Waals surface area (Å²) < 4.78 is 5.66. The second kappa shape index (κ2) is 5.35. The van der Waals surface area contributed by atoms with Crippen molar-refractivity contribution in [1.29, 1.82) is 0 Å². The van der Waals surface area contributed by atoms with Crippen molar-refractivity contribution in [1.82, 2.24) is 15.5 Å². The molecule has 1 aliphatic carbocycles. The fourth-order valence-electron chi connectivity index (χ4n) is 2.96. The van der Waals surface area contributed by atoms with Crippen molar-refractivity contribution in [3.63, 3.8) is 0 Å². The molecule has 114 valence electrons. The predicted octanol–water partition coefficient (Wildman–Crippen LogP) is 3.22. The summed E-state index contributed by atoms with van der Waals surface area (Å²) in [4.78, 5) is 0. The Balaban J connectivity index is 1.85. The normalized spacial score (nSPS) is 21.7. The Labute approximate surface area is 121 Å². The molecule has 1 unspecified atom stereocenters. The molecule has 1 aliphatic rings. The van der Waals surface area contributed by atoms with Crippen LogP contribution in [0.15, 0.2) is 4.42 Å². The summed E-state index contributed by atoms with van der Waals surface area (Å²) in [6.07, 6.45) is 1.09. The van der Waals surface area contributed by atoms with Crippen LogP contribution < -0.4 is 10.6 Å². The van der Waals surface area contributed by atoms with E-state index in [0.29, 0.717) is 28.7 Å². The molecular formula is C15H28N4O. The third kappa shape index (κ3) is 2.68. The van der Waals surface area contributed by atoms with Gasteiger partial charge in [-0.05, 0) is 36.6 Å². The first-order valence-corrected chi connectivity index (χ1v) is 7.61. The topological polar surface area (TPSA) is 63.0 Å². The monoisotopic (exact) mass is 280 g/mol. The van der Waals surface area contributed by atoms with E-state index in [1.807, 2.05) is 6.92 Å². The van der Waals surface area contributed by atoms with E-state index in [0.717, 1.165) is 19.5 Å². The number of anilines is 1. The van der Waals surface area contributed by atoms with Crippen molar-refractivity contribution in [3.05, 3.63) is 5.89 Å². The zero-order valence-electron chi connectivity index (χ0n) is 13.6. The molecule has 2 rings (SSSR count). The molecule has 1 atom stereocenters. The highest BCUT2D eigenvalue weighted by Crippen LogP contribution is 2.68. The highest BCUT2D eigenvalue weighted by molar-refractivity contribution is 5.23. The van der Waals surface area contributed by atoms with Gasteiger partial charge in [0.05, 0.1) is 6.04 Å². The molecule has 0 radical (unpaired) electrons. The van der Waals surface area contributed by atoms with Crippen LogP contribution in [0.5, 0.6) is 0 Å². The third-order valence-electron chi connectivity index (χ3n) is 5.29. The molecular weight excluding hydrogens is 252 g/mol. The molecule has 5 nitrogen and oxygen atoms in total. The Morgan fingerprint density at radius 3 is 2.40 bits per heavy atom. The van der Waals surface area contributed by atoms with Gasteiger partial charge >= 0.3 is 6.01 Å². The number of hydrogen-bond acceptors (Lipinski definition) is 5. The zero-order valence-corrected chi connectivity index (χ0v) is 13.6. The van der Waals surface area contributed by atoms with E-state index in [1.165, 1.54) is 0 Å². The van der Waals surface area contributed by atoms with E-state index >= 15 is 0 Å². The summed E-state index contributed by atoms with van der Waals surface area (Å²) in [5.41, 5.74) is 0.748. The maximum atomic E-state index is 5.66. The Bertz CT molecular complexity index is 438. The summed E-state index contributed by atoms with van der Waals surface area (Å²) >= 11 is 0. The van der Waals surface area contributed by atoms with Gasteiger partial charge in [0.2, 0.25) is 5.89 Å². The second-order valence-corrected chi connectivity index (χ2v) is 7.00. The Morgan fingerprint density at radius 2 is 1.85 bits per heavy atom. The van der Waals surface area contributed by atoms with E-state index < -0.39 is 0 Å². The highest BCUT2D eigenvalue weighted by Gasteiger charge is 2.64. The molecule has 0 spiro atoms. The lowest BCUT2D eigenvalue weighted by Crippen LogP contribution is -2.19. The quantitative estimate of drug-likeness (QED) is 0.803. The minimum Gasteiger partial charge on any atom is -0.406 e. The van der Waals surface area contributed by atoms with Gasteiger partial charge in [-0.25, -0.2) is 0 Å². The number of nitrogens with one attached hydrogen (secondary N) is 2. The van der Waals surface area contributed by atoms with Gasteiger partial charge in [-0.3, -0.25) is 0 Å². The number of rotatable bonds is 7. The van der Waals surface area contributed by atoms with Crippen molar-refractivity contribution < 1.29 is 4.42 Å². The van der Waals surface area contributed by atoms with Crippen LogP contribution in [-0.4, -0.2) is 23.3 Å². The molecule has 1 aromatic heterocycles. The summed E-state index contributed by atoms with van der Waals surface area (Å²) in [6, 6.07) is 0.635. The minimum absolute atomic E-state index is 0.104. The molecule has 0 bridgehead atoms. The maximum absolute atomic E-state index is 5.66. The zero-order chi connectivity index (χ0) is 15.0. The van der Waals surface area contributed by atoms with Crippen molar-refractivity contribution in [2.24, 2.45) is 16.7 Å². The first-order chi connectivity index (χ1) is 9.30. The van der Waals surface area contributed by atoms with Crippen LogP contribution in [0, 0.1) is 16.7 Å². The smallest absolute Gasteiger partial charge is 0.315 e. The van der Waals surface area contributed by atoms with E-state index in [-0.39, 0.29) is 6.04 Å². The predicted molar refractivity (Wildman–Crippen MR) is 80.5 cm³/mol. The molecule has 5 heteroatoms. The van der Waals surface area contributed by atoms with Crippen LogP contribution in [0.25, 0.3) is 0 Å². The summed E-state index contributed by atoms with van der Waals surface area (Å²) in [6.45, 7) is 15.3. The van der Waals surface area contributed by atoms with Gasteiger partial charge < -0.3 is 15.1 Å². The van der Waals surface area contributed by atoms with Crippen LogP contribution in [0.4, 0.5) is 6.01 Å². The van der Waals surface area contributed by atoms with Crippen LogP contribution in [-0.2, 0) is 0 Å². The van der Waals surface area contributed by atoms with Gasteiger partial charge in [-0.1, -0.05) is 39.7 Å². The number of hydrogen-bond donors (Lipinski definition) is 2. The molecule has 0 aliphatic heterocycles. The Morgan fingerprint density at radius 1 is 1.20 bits per heavy atom. The lowest BCUT2D eigenvalue weighted by Gasteiger charge is -2.07. The Kier molecular flexibility index (Phi) is 4.09. The molecule has 2 N–H and O–H groups in total. The first kappa shape index (κ1) is 15.3. The average Bonchev–Trinajstić information content (AvgIpc) is 2.76. The molecule has 0 saturated heterocycles. The van der Waals surface area contributed by atoms with Crippen LogP contribution in [0.1, 0.15) is 59.9 Å². The van der Waals surface area contributed by atoms with Crippen molar-refractivity contribution in [3.8, 4) is 0 Å². The molecule has 0 aromatic carbocycles. The summed E-state index contributed by atoms with van der Waals surface area (Å²) in [7, 11) is 0. The fraction of sp³-hybridized carbons (Fsp3) is 0.867. The molecule has 20 heavy (non-hydrogen) atoms. The largest absolute Gasteiger partial charge is 0.406 e. The van der Waals surface area contributed by atoms with Gasteiger partial charge in [0.1, 0.15) is 0 Å². The van der Waals surface area contributed by atoms with Crippen molar-refractivity contribution in [2.45, 2.75) is 54.0 Å². The summed E-state index contributed by atoms with van der Waals surface area (Å²) in [5, 5.41) is 14.8. The molecule has 1 heterocycles. The van der Waals surface area contributed by atoms with Gasteiger partial charge in [0.25, 0.3) is 0 Å². The standard InChI is InChI=1S/C15H28N4O/c1-7-8-16-10(2)12-18-19-13(20-12)17-9-11-14(3,4)15(11,5)6/h10-11,16H,7-9H2,1-6H3,(H,17,19). The van der Waals surface area contributed by atoms with Gasteiger partial charge in [0, 0.05) is 6.54 Å². The van der Waals surface area contributed by atoms with Gasteiger partial charge in [-0.2, -0.15) is 0 Å². The van der Waals surface area contributed by atoms with E-state index in [2.05, 4.69) is 55.4 Å². The second-order valence-electron chi connectivity index (χ2n) is 7.00. The molecule has 1 aromatic rings. The Hall–Kier alpha value is -1.10. The van der Waals surface area contributed by atoms with Gasteiger partial charge in [-0.15, -0.1) is 5.10 Å². The SMILES string of the molecule is CCCNC(C)c1nnc(NCC2C(C)(C)C2(C)C)o1. The van der Waals surface area contributed by atoms with Crippen LogP contribution in [0.2, 0.25) is 0 Å². The highest BCUT2D eigenvalue weighted by atomic mass is 16.4. The van der Waals surface area contributed by atoms with Crippen molar-refractivity contribution >= 4 is 6.01 Å². The first-order valence-electron chi connectivity index (χ1n) is 7.61. The molecule has 0 amide bonds. The van der Waals surface area contributed by atoms with Crippen LogP contribution in [0.3, 0.4) is 0 Å². The van der Waals surface area contributed by atoms with Crippen LogP contribution >= 0.6 is 0 Å². The van der Waals surface area contributed by atoms with Crippen molar-refractivity contribution in [2.75, 3.05) is 18.4 Å². The number of nitrogens with zero attached hydrogens (tertiary/aromatic N) is 2. The number of aromatic nitrogens is 2. The minimum atomic E-state index is 0.104. The van der Waals surface area contributed by atoms with Gasteiger partial charge in [0.15, 0.2) is 0 Å². The lowest BCUT2D eigenvalue weighted by molar-refractivity contribution is 0.422. The maximum Gasteiger partial charge on any atom is 0.315 e. The van der Waals surface area contributed by atoms with E-state index in [4.69, 9.17) is 4.42 Å². The molecule has 1 saturated carbocycles. The van der Waals surface area contributed by atoms with E-state index in [9.17, 15) is 0 Å². The molecule has 1 fully saturated rings. The summed E-state index contributed by atoms with van der Waals surface area (Å²) in [5.74, 6) is 1.29. The third-order valence-corrected chi connectivity index (χ3v) is 5.29. The fourth-order valence-corrected chi connectivity index (χ4v) is 2.96.